The first-order chi connectivity index (χ1) is 14.7. The van der Waals surface area contributed by atoms with Crippen LogP contribution in [0.15, 0.2) is 12.7 Å². The molecule has 0 amide bonds. The SMILES string of the molecule is C=CC.CC1CCC2(CO)CCC3C(CCC4C5(C)CCC(=O)C(C)C5CCC34C)C12. The maximum atomic E-state index is 12.5. The molecular weight excluding hydrogens is 380 g/mol. The van der Waals surface area contributed by atoms with Crippen LogP contribution in [0.1, 0.15) is 98.8 Å². The lowest BCUT2D eigenvalue weighted by molar-refractivity contribution is -0.190. The Morgan fingerprint density at radius 1 is 0.968 bits per heavy atom. The zero-order valence-electron chi connectivity index (χ0n) is 21.0. The van der Waals surface area contributed by atoms with Crippen LogP contribution in [0, 0.1) is 57.7 Å². The smallest absolute Gasteiger partial charge is 0.136 e. The molecule has 5 rings (SSSR count). The highest BCUT2D eigenvalue weighted by Crippen LogP contribution is 2.72. The van der Waals surface area contributed by atoms with Gasteiger partial charge < -0.3 is 5.11 Å². The zero-order chi connectivity index (χ0) is 22.6. The molecule has 2 heteroatoms. The number of aliphatic hydroxyl groups is 1. The molecule has 5 saturated carbocycles. The predicted molar refractivity (Wildman–Crippen MR) is 129 cm³/mol. The molecule has 5 fully saturated rings. The molecule has 2 nitrogen and oxygen atoms in total. The van der Waals surface area contributed by atoms with Gasteiger partial charge in [0, 0.05) is 18.9 Å². The predicted octanol–water partition coefficient (Wildman–Crippen LogP) is 7.06. The van der Waals surface area contributed by atoms with Crippen molar-refractivity contribution in [2.75, 3.05) is 6.61 Å². The number of hydrogen-bond acceptors (Lipinski definition) is 2. The molecule has 10 atom stereocenters. The average Bonchev–Trinajstić information content (AvgIpc) is 3.09. The van der Waals surface area contributed by atoms with Gasteiger partial charge in [0.25, 0.3) is 0 Å². The Balaban J connectivity index is 0.000000730. The molecule has 5 aliphatic carbocycles. The Hall–Kier alpha value is -0.630. The molecule has 176 valence electrons. The summed E-state index contributed by atoms with van der Waals surface area (Å²) in [4.78, 5) is 12.5. The second kappa shape index (κ2) is 8.30. The van der Waals surface area contributed by atoms with E-state index in [1.165, 1.54) is 51.4 Å². The van der Waals surface area contributed by atoms with Crippen molar-refractivity contribution in [2.45, 2.75) is 98.8 Å². The average molecular weight is 429 g/mol. The molecule has 0 aromatic rings. The van der Waals surface area contributed by atoms with Crippen LogP contribution in [-0.4, -0.2) is 17.5 Å². The van der Waals surface area contributed by atoms with Crippen molar-refractivity contribution < 1.29 is 9.90 Å². The summed E-state index contributed by atoms with van der Waals surface area (Å²) in [5.74, 6) is 5.47. The summed E-state index contributed by atoms with van der Waals surface area (Å²) >= 11 is 0. The lowest BCUT2D eigenvalue weighted by atomic mass is 9.37. The molecule has 0 radical (unpaired) electrons. The maximum absolute atomic E-state index is 12.5. The summed E-state index contributed by atoms with van der Waals surface area (Å²) in [6.07, 6.45) is 14.3. The number of carbonyl (C=O) groups excluding carboxylic acids is 1. The van der Waals surface area contributed by atoms with Crippen molar-refractivity contribution >= 4 is 5.78 Å². The minimum absolute atomic E-state index is 0.247. The van der Waals surface area contributed by atoms with Crippen molar-refractivity contribution in [3.05, 3.63) is 12.7 Å². The molecule has 31 heavy (non-hydrogen) atoms. The highest BCUT2D eigenvalue weighted by Gasteiger charge is 2.65. The normalized spacial score (nSPS) is 53.2. The van der Waals surface area contributed by atoms with Gasteiger partial charge in [-0.15, -0.1) is 6.58 Å². The molecule has 0 heterocycles. The van der Waals surface area contributed by atoms with Crippen LogP contribution in [-0.2, 0) is 4.79 Å². The second-order valence-corrected chi connectivity index (χ2v) is 12.8. The van der Waals surface area contributed by atoms with Crippen LogP contribution in [0.25, 0.3) is 0 Å². The van der Waals surface area contributed by atoms with Crippen LogP contribution in [0.4, 0.5) is 0 Å². The third-order valence-corrected chi connectivity index (χ3v) is 11.8. The van der Waals surface area contributed by atoms with Crippen molar-refractivity contribution in [3.63, 3.8) is 0 Å². The summed E-state index contributed by atoms with van der Waals surface area (Å²) in [6, 6.07) is 0. The zero-order valence-corrected chi connectivity index (χ0v) is 21.0. The second-order valence-electron chi connectivity index (χ2n) is 12.8. The van der Waals surface area contributed by atoms with E-state index in [1.54, 1.807) is 6.08 Å². The number of rotatable bonds is 1. The summed E-state index contributed by atoms with van der Waals surface area (Å²) in [7, 11) is 0. The van der Waals surface area contributed by atoms with Gasteiger partial charge in [0.15, 0.2) is 0 Å². The Morgan fingerprint density at radius 3 is 2.26 bits per heavy atom. The minimum atomic E-state index is 0.247. The first kappa shape index (κ1) is 23.5. The van der Waals surface area contributed by atoms with Crippen molar-refractivity contribution in [1.82, 2.24) is 0 Å². The van der Waals surface area contributed by atoms with E-state index in [-0.39, 0.29) is 11.3 Å². The minimum Gasteiger partial charge on any atom is -0.396 e. The molecule has 0 saturated heterocycles. The molecular formula is C29H48O2. The first-order valence-corrected chi connectivity index (χ1v) is 13.4. The van der Waals surface area contributed by atoms with E-state index in [0.717, 1.165) is 42.4 Å². The van der Waals surface area contributed by atoms with Gasteiger partial charge in [0.2, 0.25) is 0 Å². The van der Waals surface area contributed by atoms with E-state index in [1.807, 2.05) is 6.92 Å². The fourth-order valence-corrected chi connectivity index (χ4v) is 10.5. The van der Waals surface area contributed by atoms with E-state index >= 15 is 0 Å². The lowest BCUT2D eigenvalue weighted by Crippen LogP contribution is -2.61. The Kier molecular flexibility index (Phi) is 6.30. The Morgan fingerprint density at radius 2 is 1.58 bits per heavy atom. The number of Topliss-reactive ketones (excluding diaryl/α,β-unsaturated/α-hetero) is 1. The van der Waals surface area contributed by atoms with Crippen LogP contribution in [0.3, 0.4) is 0 Å². The summed E-state index contributed by atoms with van der Waals surface area (Å²) < 4.78 is 0. The molecule has 5 aliphatic rings. The van der Waals surface area contributed by atoms with Crippen LogP contribution < -0.4 is 0 Å². The number of ketones is 1. The largest absolute Gasteiger partial charge is 0.396 e. The monoisotopic (exact) mass is 428 g/mol. The van der Waals surface area contributed by atoms with Crippen molar-refractivity contribution in [1.29, 1.82) is 0 Å². The number of aliphatic hydroxyl groups excluding tert-OH is 1. The fourth-order valence-electron chi connectivity index (χ4n) is 10.5. The molecule has 0 aromatic heterocycles. The van der Waals surface area contributed by atoms with Gasteiger partial charge in [-0.2, -0.15) is 0 Å². The van der Waals surface area contributed by atoms with Crippen LogP contribution >= 0.6 is 0 Å². The molecule has 0 spiro atoms. The lowest BCUT2D eigenvalue weighted by Gasteiger charge is -2.67. The standard InChI is InChI=1S/C26H42O2.C3H6/c1-16-7-13-26(15-27)14-9-20-18(23(16)26)5-6-22-24(3)12-10-21(28)17(2)19(24)8-11-25(20,22)4;1-3-2/h16-20,22-23,27H,5-15H2,1-4H3;3H,1H2,2H3. The third-order valence-electron chi connectivity index (χ3n) is 11.8. The van der Waals surface area contributed by atoms with Crippen molar-refractivity contribution in [2.24, 2.45) is 57.7 Å². The van der Waals surface area contributed by atoms with Gasteiger partial charge in [-0.25, -0.2) is 0 Å². The van der Waals surface area contributed by atoms with Crippen molar-refractivity contribution in [3.8, 4) is 0 Å². The topological polar surface area (TPSA) is 37.3 Å². The molecule has 0 bridgehead atoms. The van der Waals surface area contributed by atoms with Gasteiger partial charge in [0.05, 0.1) is 0 Å². The van der Waals surface area contributed by atoms with Gasteiger partial charge in [-0.05, 0) is 116 Å². The Labute approximate surface area is 191 Å². The van der Waals surface area contributed by atoms with E-state index in [9.17, 15) is 9.90 Å². The number of allylic oxidation sites excluding steroid dienone is 1. The maximum Gasteiger partial charge on any atom is 0.136 e. The molecule has 0 aliphatic heterocycles. The van der Waals surface area contributed by atoms with Gasteiger partial charge in [0.1, 0.15) is 5.78 Å². The van der Waals surface area contributed by atoms with E-state index in [2.05, 4.69) is 34.3 Å². The molecule has 10 unspecified atom stereocenters. The van der Waals surface area contributed by atoms with E-state index in [4.69, 9.17) is 0 Å². The van der Waals surface area contributed by atoms with Crippen LogP contribution in [0.2, 0.25) is 0 Å². The first-order valence-electron chi connectivity index (χ1n) is 13.4. The van der Waals surface area contributed by atoms with Gasteiger partial charge in [-0.1, -0.05) is 33.8 Å². The highest BCUT2D eigenvalue weighted by molar-refractivity contribution is 5.82. The summed E-state index contributed by atoms with van der Waals surface area (Å²) in [5.41, 5.74) is 1.08. The number of fused-ring (bicyclic) bond motifs is 7. The third kappa shape index (κ3) is 3.32. The van der Waals surface area contributed by atoms with Gasteiger partial charge >= 0.3 is 0 Å². The number of hydrogen-bond donors (Lipinski definition) is 1. The Bertz CT molecular complexity index is 699. The molecule has 1 N–H and O–H groups in total. The van der Waals surface area contributed by atoms with E-state index < -0.39 is 0 Å². The summed E-state index contributed by atoms with van der Waals surface area (Å²) in [6.45, 7) is 15.6. The fraction of sp³-hybridized carbons (Fsp3) is 0.897. The van der Waals surface area contributed by atoms with Gasteiger partial charge in [-0.3, -0.25) is 4.79 Å². The molecule has 0 aromatic carbocycles. The number of carbonyl (C=O) groups is 1. The van der Waals surface area contributed by atoms with E-state index in [0.29, 0.717) is 29.1 Å². The van der Waals surface area contributed by atoms with Crippen LogP contribution in [0.5, 0.6) is 0 Å². The highest BCUT2D eigenvalue weighted by atomic mass is 16.3. The quantitative estimate of drug-likeness (QED) is 0.454. The summed E-state index contributed by atoms with van der Waals surface area (Å²) in [5, 5.41) is 10.4.